The number of nitrogens with one attached hydrogen (secondary N) is 1. The fourth-order valence-corrected chi connectivity index (χ4v) is 2.69. The summed E-state index contributed by atoms with van der Waals surface area (Å²) in [4.78, 5) is 0. The number of nitrogens with two attached hydrogens (primary N) is 1. The van der Waals surface area contributed by atoms with E-state index in [-0.39, 0.29) is 6.04 Å². The van der Waals surface area contributed by atoms with Crippen LogP contribution in [-0.2, 0) is 0 Å². The molecule has 0 bridgehead atoms. The molecule has 0 aromatic heterocycles. The molecule has 2 aromatic rings. The molecular formula is C14H14ClIN2O. The summed E-state index contributed by atoms with van der Waals surface area (Å²) in [5.41, 5.74) is 4.93. The van der Waals surface area contributed by atoms with Crippen LogP contribution in [0.2, 0.25) is 5.02 Å². The molecule has 3 N–H and O–H groups in total. The summed E-state index contributed by atoms with van der Waals surface area (Å²) in [6, 6.07) is 13.7. The van der Waals surface area contributed by atoms with Crippen LogP contribution in [0.25, 0.3) is 0 Å². The van der Waals surface area contributed by atoms with E-state index >= 15 is 0 Å². The minimum atomic E-state index is -0.0964. The van der Waals surface area contributed by atoms with Gasteiger partial charge in [-0.25, -0.2) is 5.43 Å². The lowest BCUT2D eigenvalue weighted by molar-refractivity contribution is 0.414. The monoisotopic (exact) mass is 388 g/mol. The van der Waals surface area contributed by atoms with Crippen LogP contribution in [0.5, 0.6) is 5.75 Å². The van der Waals surface area contributed by atoms with Crippen molar-refractivity contribution >= 4 is 34.2 Å². The molecule has 100 valence electrons. The van der Waals surface area contributed by atoms with Gasteiger partial charge in [0.25, 0.3) is 0 Å². The molecule has 1 atom stereocenters. The summed E-state index contributed by atoms with van der Waals surface area (Å²) in [5, 5.41) is 0.588. The van der Waals surface area contributed by atoms with Gasteiger partial charge in [-0.15, -0.1) is 0 Å². The molecule has 0 amide bonds. The van der Waals surface area contributed by atoms with E-state index in [1.165, 1.54) is 0 Å². The van der Waals surface area contributed by atoms with Crippen molar-refractivity contribution in [3.8, 4) is 5.75 Å². The number of ether oxygens (including phenoxy) is 1. The molecular weight excluding hydrogens is 375 g/mol. The van der Waals surface area contributed by atoms with Crippen molar-refractivity contribution in [3.63, 3.8) is 0 Å². The van der Waals surface area contributed by atoms with E-state index in [1.54, 1.807) is 7.11 Å². The number of hydrazine groups is 1. The lowest BCUT2D eigenvalue weighted by atomic mass is 9.99. The quantitative estimate of drug-likeness (QED) is 0.479. The predicted octanol–water partition coefficient (Wildman–Crippen LogP) is 3.51. The van der Waals surface area contributed by atoms with Gasteiger partial charge < -0.3 is 4.74 Å². The van der Waals surface area contributed by atoms with Gasteiger partial charge in [-0.2, -0.15) is 0 Å². The summed E-state index contributed by atoms with van der Waals surface area (Å²) in [5.74, 6) is 6.33. The zero-order valence-electron chi connectivity index (χ0n) is 10.4. The second-order valence-corrected chi connectivity index (χ2v) is 5.70. The van der Waals surface area contributed by atoms with E-state index < -0.39 is 0 Å². The highest BCUT2D eigenvalue weighted by Crippen LogP contribution is 2.30. The Balaban J connectivity index is 2.42. The van der Waals surface area contributed by atoms with Crippen LogP contribution in [0.15, 0.2) is 42.5 Å². The minimum Gasteiger partial charge on any atom is -0.495 e. The van der Waals surface area contributed by atoms with E-state index in [1.807, 2.05) is 36.4 Å². The first kappa shape index (κ1) is 14.6. The van der Waals surface area contributed by atoms with Gasteiger partial charge in [-0.3, -0.25) is 5.84 Å². The fraction of sp³-hybridized carbons (Fsp3) is 0.143. The molecule has 0 spiro atoms. The Kier molecular flexibility index (Phi) is 5.04. The Bertz CT molecular complexity index is 577. The van der Waals surface area contributed by atoms with Gasteiger partial charge in [0.1, 0.15) is 5.75 Å². The zero-order chi connectivity index (χ0) is 13.8. The maximum absolute atomic E-state index is 6.04. The molecule has 1 unspecified atom stereocenters. The molecule has 5 heteroatoms. The van der Waals surface area contributed by atoms with Crippen LogP contribution >= 0.6 is 34.2 Å². The van der Waals surface area contributed by atoms with Gasteiger partial charge in [0.15, 0.2) is 0 Å². The Labute approximate surface area is 131 Å². The standard InChI is InChI=1S/C14H14ClIN2O/c1-19-13-8-10(5-6-12(13)15)14(18-17)9-3-2-4-11(16)7-9/h2-8,14,18H,17H2,1H3. The number of benzene rings is 2. The third-order valence-electron chi connectivity index (χ3n) is 2.86. The van der Waals surface area contributed by atoms with Gasteiger partial charge in [0.2, 0.25) is 0 Å². The molecule has 3 nitrogen and oxygen atoms in total. The molecule has 0 heterocycles. The number of hydrogen-bond acceptors (Lipinski definition) is 3. The van der Waals surface area contributed by atoms with Crippen molar-refractivity contribution in [2.75, 3.05) is 7.11 Å². The van der Waals surface area contributed by atoms with Crippen LogP contribution in [0, 0.1) is 3.57 Å². The molecule has 19 heavy (non-hydrogen) atoms. The average molecular weight is 389 g/mol. The molecule has 2 rings (SSSR count). The second kappa shape index (κ2) is 6.56. The average Bonchev–Trinajstić information content (AvgIpc) is 2.41. The van der Waals surface area contributed by atoms with Crippen LogP contribution in [0.1, 0.15) is 17.2 Å². The van der Waals surface area contributed by atoms with Gasteiger partial charge >= 0.3 is 0 Å². The molecule has 0 radical (unpaired) electrons. The maximum Gasteiger partial charge on any atom is 0.137 e. The van der Waals surface area contributed by atoms with E-state index in [0.29, 0.717) is 10.8 Å². The second-order valence-electron chi connectivity index (χ2n) is 4.05. The summed E-state index contributed by atoms with van der Waals surface area (Å²) >= 11 is 8.32. The van der Waals surface area contributed by atoms with Gasteiger partial charge in [-0.1, -0.05) is 29.8 Å². The Morgan fingerprint density at radius 1 is 1.21 bits per heavy atom. The first-order valence-electron chi connectivity index (χ1n) is 5.70. The van der Waals surface area contributed by atoms with Crippen molar-refractivity contribution in [1.29, 1.82) is 0 Å². The summed E-state index contributed by atoms with van der Waals surface area (Å²) in [6.07, 6.45) is 0. The van der Waals surface area contributed by atoms with E-state index in [4.69, 9.17) is 22.2 Å². The normalized spacial score (nSPS) is 12.2. The third kappa shape index (κ3) is 3.39. The van der Waals surface area contributed by atoms with E-state index in [0.717, 1.165) is 14.7 Å². The first-order valence-corrected chi connectivity index (χ1v) is 7.16. The predicted molar refractivity (Wildman–Crippen MR) is 86.3 cm³/mol. The fourth-order valence-electron chi connectivity index (χ4n) is 1.93. The highest BCUT2D eigenvalue weighted by atomic mass is 127. The number of halogens is 2. The molecule has 0 fully saturated rings. The van der Waals surface area contributed by atoms with Gasteiger partial charge in [-0.05, 0) is 58.0 Å². The third-order valence-corrected chi connectivity index (χ3v) is 3.84. The zero-order valence-corrected chi connectivity index (χ0v) is 13.3. The Morgan fingerprint density at radius 3 is 2.58 bits per heavy atom. The van der Waals surface area contributed by atoms with Crippen molar-refractivity contribution in [2.45, 2.75) is 6.04 Å². The molecule has 2 aromatic carbocycles. The number of rotatable bonds is 4. The van der Waals surface area contributed by atoms with E-state index in [9.17, 15) is 0 Å². The summed E-state index contributed by atoms with van der Waals surface area (Å²) < 4.78 is 6.40. The lowest BCUT2D eigenvalue weighted by Crippen LogP contribution is -2.28. The Morgan fingerprint density at radius 2 is 1.95 bits per heavy atom. The maximum atomic E-state index is 6.04. The first-order chi connectivity index (χ1) is 9.15. The summed E-state index contributed by atoms with van der Waals surface area (Å²) in [7, 11) is 1.60. The van der Waals surface area contributed by atoms with Crippen LogP contribution in [0.4, 0.5) is 0 Å². The van der Waals surface area contributed by atoms with Gasteiger partial charge in [0.05, 0.1) is 18.2 Å². The Hall–Kier alpha value is -0.820. The van der Waals surface area contributed by atoms with E-state index in [2.05, 4.69) is 34.1 Å². The molecule has 0 saturated heterocycles. The molecule has 0 aliphatic carbocycles. The molecule has 0 aliphatic heterocycles. The number of methoxy groups -OCH3 is 1. The van der Waals surface area contributed by atoms with Gasteiger partial charge in [0, 0.05) is 3.57 Å². The smallest absolute Gasteiger partial charge is 0.137 e. The number of hydrogen-bond donors (Lipinski definition) is 2. The topological polar surface area (TPSA) is 47.3 Å². The highest BCUT2D eigenvalue weighted by molar-refractivity contribution is 14.1. The van der Waals surface area contributed by atoms with Crippen LogP contribution < -0.4 is 16.0 Å². The minimum absolute atomic E-state index is 0.0964. The lowest BCUT2D eigenvalue weighted by Gasteiger charge is -2.18. The SMILES string of the molecule is COc1cc(C(NN)c2cccc(I)c2)ccc1Cl. The van der Waals surface area contributed by atoms with Crippen LogP contribution in [0.3, 0.4) is 0 Å². The van der Waals surface area contributed by atoms with Crippen molar-refractivity contribution in [2.24, 2.45) is 5.84 Å². The van der Waals surface area contributed by atoms with Crippen molar-refractivity contribution in [3.05, 3.63) is 62.2 Å². The van der Waals surface area contributed by atoms with Crippen molar-refractivity contribution in [1.82, 2.24) is 5.43 Å². The highest BCUT2D eigenvalue weighted by Gasteiger charge is 2.14. The summed E-state index contributed by atoms with van der Waals surface area (Å²) in [6.45, 7) is 0. The molecule has 0 saturated carbocycles. The largest absolute Gasteiger partial charge is 0.495 e. The van der Waals surface area contributed by atoms with Crippen LogP contribution in [-0.4, -0.2) is 7.11 Å². The van der Waals surface area contributed by atoms with Crippen molar-refractivity contribution < 1.29 is 4.74 Å². The molecule has 0 aliphatic rings.